The Bertz CT molecular complexity index is 648. The molecule has 1 amide bonds. The summed E-state index contributed by atoms with van der Waals surface area (Å²) in [6, 6.07) is 20.4. The number of amides is 1. The average Bonchev–Trinajstić information content (AvgIpc) is 2.61. The van der Waals surface area contributed by atoms with Gasteiger partial charge in [0.05, 0.1) is 0 Å². The van der Waals surface area contributed by atoms with Gasteiger partial charge in [-0.25, -0.2) is 0 Å². The molecule has 0 bridgehead atoms. The van der Waals surface area contributed by atoms with Crippen molar-refractivity contribution < 1.29 is 9.53 Å². The number of hydrogen-bond acceptors (Lipinski definition) is 3. The lowest BCUT2D eigenvalue weighted by atomic mass is 10.1. The molecule has 4 heteroatoms. The molecule has 2 aromatic carbocycles. The van der Waals surface area contributed by atoms with E-state index >= 15 is 0 Å². The van der Waals surface area contributed by atoms with Gasteiger partial charge in [-0.1, -0.05) is 36.4 Å². The maximum absolute atomic E-state index is 12.5. The first kappa shape index (κ1) is 16.4. The van der Waals surface area contributed by atoms with E-state index < -0.39 is 0 Å². The summed E-state index contributed by atoms with van der Waals surface area (Å²) >= 11 is 0. The molecule has 0 spiro atoms. The first-order valence-corrected chi connectivity index (χ1v) is 8.44. The number of hydrogen-bond donors (Lipinski definition) is 0. The van der Waals surface area contributed by atoms with Crippen molar-refractivity contribution in [3.63, 3.8) is 0 Å². The van der Waals surface area contributed by atoms with Crippen LogP contribution in [0.4, 0.5) is 5.69 Å². The molecule has 2 atom stereocenters. The van der Waals surface area contributed by atoms with E-state index in [9.17, 15) is 4.79 Å². The molecular formula is C20H24N2O2. The molecule has 1 heterocycles. The van der Waals surface area contributed by atoms with Crippen molar-refractivity contribution in [3.8, 4) is 5.75 Å². The molecule has 126 valence electrons. The number of benzene rings is 2. The van der Waals surface area contributed by atoms with E-state index in [1.807, 2.05) is 41.3 Å². The largest absolute Gasteiger partial charge is 0.484 e. The molecule has 1 fully saturated rings. The number of carbonyl (C=O) groups is 1. The molecule has 1 aliphatic rings. The topological polar surface area (TPSA) is 32.8 Å². The summed E-state index contributed by atoms with van der Waals surface area (Å²) in [5, 5.41) is 0. The third-order valence-electron chi connectivity index (χ3n) is 4.43. The van der Waals surface area contributed by atoms with Crippen molar-refractivity contribution >= 4 is 11.6 Å². The van der Waals surface area contributed by atoms with E-state index in [4.69, 9.17) is 4.74 Å². The number of carbonyl (C=O) groups excluding carboxylic acids is 1. The first-order chi connectivity index (χ1) is 11.6. The third-order valence-corrected chi connectivity index (χ3v) is 4.43. The van der Waals surface area contributed by atoms with E-state index in [-0.39, 0.29) is 24.6 Å². The van der Waals surface area contributed by atoms with Crippen molar-refractivity contribution in [2.75, 3.05) is 24.6 Å². The van der Waals surface area contributed by atoms with Gasteiger partial charge >= 0.3 is 0 Å². The molecule has 0 N–H and O–H groups in total. The van der Waals surface area contributed by atoms with Gasteiger partial charge in [0.25, 0.3) is 5.91 Å². The van der Waals surface area contributed by atoms with Gasteiger partial charge in [0.15, 0.2) is 6.61 Å². The van der Waals surface area contributed by atoms with Crippen molar-refractivity contribution in [2.45, 2.75) is 25.9 Å². The zero-order valence-electron chi connectivity index (χ0n) is 14.3. The Morgan fingerprint density at radius 2 is 1.50 bits per heavy atom. The lowest BCUT2D eigenvalue weighted by Gasteiger charge is -2.45. The molecule has 24 heavy (non-hydrogen) atoms. The van der Waals surface area contributed by atoms with Gasteiger partial charge in [-0.05, 0) is 38.1 Å². The van der Waals surface area contributed by atoms with Crippen molar-refractivity contribution in [1.82, 2.24) is 4.90 Å². The molecule has 4 nitrogen and oxygen atoms in total. The first-order valence-electron chi connectivity index (χ1n) is 8.44. The van der Waals surface area contributed by atoms with Crippen LogP contribution in [0.3, 0.4) is 0 Å². The van der Waals surface area contributed by atoms with E-state index in [1.54, 1.807) is 0 Å². The summed E-state index contributed by atoms with van der Waals surface area (Å²) in [6.45, 7) is 5.86. The zero-order valence-corrected chi connectivity index (χ0v) is 14.3. The number of para-hydroxylation sites is 2. The lowest BCUT2D eigenvalue weighted by molar-refractivity contribution is -0.134. The predicted molar refractivity (Wildman–Crippen MR) is 96.4 cm³/mol. The van der Waals surface area contributed by atoms with Crippen molar-refractivity contribution in [3.05, 3.63) is 60.7 Å². The standard InChI is InChI=1S/C20H24N2O2/c1-16-13-21(20(23)15-24-19-11-7-4-8-12-19)14-17(2)22(16)18-9-5-3-6-10-18/h3-12,16-17H,13-15H2,1-2H3. The maximum atomic E-state index is 12.5. The Morgan fingerprint density at radius 1 is 0.958 bits per heavy atom. The van der Waals surface area contributed by atoms with E-state index in [0.717, 1.165) is 18.8 Å². The highest BCUT2D eigenvalue weighted by atomic mass is 16.5. The number of anilines is 1. The Kier molecular flexibility index (Phi) is 5.04. The maximum Gasteiger partial charge on any atom is 0.260 e. The van der Waals surface area contributed by atoms with Gasteiger partial charge in [0.1, 0.15) is 5.75 Å². The van der Waals surface area contributed by atoms with Gasteiger partial charge in [0, 0.05) is 30.9 Å². The van der Waals surface area contributed by atoms with E-state index in [0.29, 0.717) is 0 Å². The Hall–Kier alpha value is -2.49. The highest BCUT2D eigenvalue weighted by Gasteiger charge is 2.31. The minimum Gasteiger partial charge on any atom is -0.484 e. The van der Waals surface area contributed by atoms with E-state index in [1.165, 1.54) is 5.69 Å². The number of ether oxygens (including phenoxy) is 1. The minimum atomic E-state index is 0.0465. The fourth-order valence-corrected chi connectivity index (χ4v) is 3.39. The van der Waals surface area contributed by atoms with Crippen LogP contribution in [0.25, 0.3) is 0 Å². The Morgan fingerprint density at radius 3 is 2.08 bits per heavy atom. The normalized spacial score (nSPS) is 20.8. The summed E-state index contributed by atoms with van der Waals surface area (Å²) in [5.41, 5.74) is 1.21. The molecule has 2 aromatic rings. The van der Waals surface area contributed by atoms with E-state index in [2.05, 4.69) is 43.0 Å². The monoisotopic (exact) mass is 324 g/mol. The molecule has 0 radical (unpaired) electrons. The minimum absolute atomic E-state index is 0.0465. The molecule has 2 unspecified atom stereocenters. The van der Waals surface area contributed by atoms with Gasteiger partial charge in [-0.15, -0.1) is 0 Å². The van der Waals surface area contributed by atoms with Crippen LogP contribution in [0.5, 0.6) is 5.75 Å². The molecule has 1 saturated heterocycles. The van der Waals surface area contributed by atoms with Gasteiger partial charge in [-0.3, -0.25) is 4.79 Å². The highest BCUT2D eigenvalue weighted by Crippen LogP contribution is 2.24. The molecule has 0 aliphatic carbocycles. The van der Waals surface area contributed by atoms with Crippen LogP contribution in [0, 0.1) is 0 Å². The zero-order chi connectivity index (χ0) is 16.9. The second kappa shape index (κ2) is 7.39. The van der Waals surface area contributed by atoms with Crippen LogP contribution < -0.4 is 9.64 Å². The molecule has 0 saturated carbocycles. The van der Waals surface area contributed by atoms with Crippen LogP contribution >= 0.6 is 0 Å². The van der Waals surface area contributed by atoms with Gasteiger partial charge in [-0.2, -0.15) is 0 Å². The Labute approximate surface area is 143 Å². The summed E-state index contributed by atoms with van der Waals surface area (Å²) in [4.78, 5) is 16.8. The van der Waals surface area contributed by atoms with Crippen LogP contribution in [0.1, 0.15) is 13.8 Å². The fourth-order valence-electron chi connectivity index (χ4n) is 3.39. The Balaban J connectivity index is 1.60. The second-order valence-corrected chi connectivity index (χ2v) is 6.34. The summed E-state index contributed by atoms with van der Waals surface area (Å²) < 4.78 is 5.60. The van der Waals surface area contributed by atoms with Gasteiger partial charge in [0.2, 0.25) is 0 Å². The predicted octanol–water partition coefficient (Wildman–Crippen LogP) is 3.19. The average molecular weight is 324 g/mol. The summed E-state index contributed by atoms with van der Waals surface area (Å²) in [5.74, 6) is 0.778. The summed E-state index contributed by atoms with van der Waals surface area (Å²) in [7, 11) is 0. The summed E-state index contributed by atoms with van der Waals surface area (Å²) in [6.07, 6.45) is 0. The third kappa shape index (κ3) is 3.70. The highest BCUT2D eigenvalue weighted by molar-refractivity contribution is 5.78. The quantitative estimate of drug-likeness (QED) is 0.866. The molecule has 0 aromatic heterocycles. The molecular weight excluding hydrogens is 300 g/mol. The lowest BCUT2D eigenvalue weighted by Crippen LogP contribution is -2.59. The SMILES string of the molecule is CC1CN(C(=O)COc2ccccc2)CC(C)N1c1ccccc1. The van der Waals surface area contributed by atoms with Crippen molar-refractivity contribution in [2.24, 2.45) is 0 Å². The van der Waals surface area contributed by atoms with Crippen molar-refractivity contribution in [1.29, 1.82) is 0 Å². The van der Waals surface area contributed by atoms with Crippen LogP contribution in [-0.2, 0) is 4.79 Å². The number of nitrogens with zero attached hydrogens (tertiary/aromatic N) is 2. The second-order valence-electron chi connectivity index (χ2n) is 6.34. The van der Waals surface area contributed by atoms with Gasteiger partial charge < -0.3 is 14.5 Å². The van der Waals surface area contributed by atoms with Crippen LogP contribution in [0.15, 0.2) is 60.7 Å². The number of rotatable bonds is 4. The van der Waals surface area contributed by atoms with Crippen LogP contribution in [-0.4, -0.2) is 42.6 Å². The fraction of sp³-hybridized carbons (Fsp3) is 0.350. The van der Waals surface area contributed by atoms with Crippen LogP contribution in [0.2, 0.25) is 0 Å². The molecule has 1 aliphatic heterocycles. The molecule has 3 rings (SSSR count). The number of piperazine rings is 1. The smallest absolute Gasteiger partial charge is 0.260 e.